The molecule has 0 aromatic heterocycles. The van der Waals surface area contributed by atoms with E-state index in [1.807, 2.05) is 0 Å². The van der Waals surface area contributed by atoms with Gasteiger partial charge < -0.3 is 15.4 Å². The molecule has 2 fully saturated rings. The predicted molar refractivity (Wildman–Crippen MR) is 52.6 cm³/mol. The maximum atomic E-state index is 6.22. The van der Waals surface area contributed by atoms with Gasteiger partial charge in [-0.1, -0.05) is 0 Å². The molecule has 1 atom stereocenters. The van der Waals surface area contributed by atoms with Crippen LogP contribution < -0.4 is 5.73 Å². The number of nitrogens with two attached hydrogens (primary N) is 1. The number of hydrogen-bond donors (Lipinski definition) is 1. The average Bonchev–Trinajstić information content (AvgIpc) is 2.48. The molecule has 2 saturated heterocycles. The van der Waals surface area contributed by atoms with Crippen molar-refractivity contribution in [2.45, 2.75) is 31.8 Å². The molecule has 0 aliphatic carbocycles. The van der Waals surface area contributed by atoms with Gasteiger partial charge in [-0.2, -0.15) is 0 Å². The van der Waals surface area contributed by atoms with Crippen molar-refractivity contribution in [1.82, 2.24) is 4.90 Å². The fraction of sp³-hybridized carbons (Fsp3) is 1.00. The van der Waals surface area contributed by atoms with E-state index in [9.17, 15) is 0 Å². The van der Waals surface area contributed by atoms with Crippen LogP contribution >= 0.6 is 0 Å². The van der Waals surface area contributed by atoms with Gasteiger partial charge in [-0.15, -0.1) is 0 Å². The lowest BCUT2D eigenvalue weighted by Crippen LogP contribution is -2.63. The average molecular weight is 184 g/mol. The first-order chi connectivity index (χ1) is 6.12. The normalized spacial score (nSPS) is 33.7. The Hall–Kier alpha value is -0.120. The molecule has 3 nitrogen and oxygen atoms in total. The maximum Gasteiger partial charge on any atom is 0.0673 e. The Morgan fingerprint density at radius 1 is 1.46 bits per heavy atom. The summed E-state index contributed by atoms with van der Waals surface area (Å²) in [6.45, 7) is 8.41. The summed E-state index contributed by atoms with van der Waals surface area (Å²) in [5, 5.41) is 0. The lowest BCUT2D eigenvalue weighted by molar-refractivity contribution is -0.0810. The molecule has 2 N–H and O–H groups in total. The van der Waals surface area contributed by atoms with Crippen LogP contribution in [0.4, 0.5) is 0 Å². The summed E-state index contributed by atoms with van der Waals surface area (Å²) in [5.41, 5.74) is 6.22. The Balaban J connectivity index is 1.90. The van der Waals surface area contributed by atoms with Crippen LogP contribution in [0, 0.1) is 5.92 Å². The smallest absolute Gasteiger partial charge is 0.0673 e. The van der Waals surface area contributed by atoms with Gasteiger partial charge in [-0.25, -0.2) is 0 Å². The van der Waals surface area contributed by atoms with Crippen molar-refractivity contribution in [3.05, 3.63) is 0 Å². The Morgan fingerprint density at radius 2 is 2.15 bits per heavy atom. The third kappa shape index (κ3) is 1.60. The van der Waals surface area contributed by atoms with Gasteiger partial charge in [0.05, 0.1) is 18.8 Å². The first-order valence-electron chi connectivity index (χ1n) is 5.22. The molecule has 0 spiro atoms. The minimum absolute atomic E-state index is 0.00361. The zero-order valence-electron chi connectivity index (χ0n) is 8.62. The number of hydrogen-bond acceptors (Lipinski definition) is 3. The molecule has 2 rings (SSSR count). The third-order valence-corrected chi connectivity index (χ3v) is 3.50. The van der Waals surface area contributed by atoms with E-state index in [1.165, 1.54) is 13.0 Å². The second kappa shape index (κ2) is 3.23. The molecule has 0 amide bonds. The Labute approximate surface area is 80.2 Å². The fourth-order valence-electron chi connectivity index (χ4n) is 2.30. The summed E-state index contributed by atoms with van der Waals surface area (Å²) in [6.07, 6.45) is 1.25. The van der Waals surface area contributed by atoms with Gasteiger partial charge in [-0.05, 0) is 32.7 Å². The molecule has 13 heavy (non-hydrogen) atoms. The predicted octanol–water partition coefficient (Wildman–Crippen LogP) is 0.444. The van der Waals surface area contributed by atoms with Crippen molar-refractivity contribution in [3.8, 4) is 0 Å². The van der Waals surface area contributed by atoms with E-state index in [4.69, 9.17) is 10.5 Å². The molecule has 3 heteroatoms. The number of likely N-dealkylation sites (tertiary alicyclic amines) is 1. The van der Waals surface area contributed by atoms with Gasteiger partial charge in [0.2, 0.25) is 0 Å². The van der Waals surface area contributed by atoms with Crippen LogP contribution in [0.5, 0.6) is 0 Å². The first kappa shape index (κ1) is 9.44. The van der Waals surface area contributed by atoms with Crippen molar-refractivity contribution < 1.29 is 4.74 Å². The van der Waals surface area contributed by atoms with E-state index in [0.29, 0.717) is 12.0 Å². The van der Waals surface area contributed by atoms with E-state index in [1.54, 1.807) is 0 Å². The van der Waals surface area contributed by atoms with Crippen molar-refractivity contribution in [1.29, 1.82) is 0 Å². The summed E-state index contributed by atoms with van der Waals surface area (Å²) in [4.78, 5) is 2.51. The molecule has 1 unspecified atom stereocenters. The van der Waals surface area contributed by atoms with Gasteiger partial charge >= 0.3 is 0 Å². The van der Waals surface area contributed by atoms with E-state index >= 15 is 0 Å². The Bertz CT molecular complexity index is 189. The second-order valence-electron chi connectivity index (χ2n) is 4.80. The quantitative estimate of drug-likeness (QED) is 0.677. The molecule has 2 aliphatic rings. The molecule has 0 saturated carbocycles. The lowest BCUT2D eigenvalue weighted by atomic mass is 9.82. The molecular weight excluding hydrogens is 164 g/mol. The largest absolute Gasteiger partial charge is 0.377 e. The summed E-state index contributed by atoms with van der Waals surface area (Å²) >= 11 is 0. The van der Waals surface area contributed by atoms with Crippen molar-refractivity contribution >= 4 is 0 Å². The molecule has 2 heterocycles. The summed E-state index contributed by atoms with van der Waals surface area (Å²) in [5.74, 6) is 0.656. The molecular formula is C10H20N2O. The highest BCUT2D eigenvalue weighted by Crippen LogP contribution is 2.31. The first-order valence-corrected chi connectivity index (χ1v) is 5.22. The minimum atomic E-state index is 0.00361. The van der Waals surface area contributed by atoms with Crippen molar-refractivity contribution in [2.24, 2.45) is 11.7 Å². The molecule has 76 valence electrons. The highest BCUT2D eigenvalue weighted by atomic mass is 16.5. The van der Waals surface area contributed by atoms with Gasteiger partial charge in [0.25, 0.3) is 0 Å². The minimum Gasteiger partial charge on any atom is -0.377 e. The molecule has 0 bridgehead atoms. The van der Waals surface area contributed by atoms with Crippen LogP contribution in [0.15, 0.2) is 0 Å². The second-order valence-corrected chi connectivity index (χ2v) is 4.80. The highest BCUT2D eigenvalue weighted by Gasteiger charge is 2.44. The van der Waals surface area contributed by atoms with Crippen molar-refractivity contribution in [3.63, 3.8) is 0 Å². The maximum absolute atomic E-state index is 6.22. The molecule has 0 radical (unpaired) electrons. The zero-order chi connectivity index (χ0) is 9.47. The molecule has 0 aromatic rings. The van der Waals surface area contributed by atoms with Crippen LogP contribution in [0.25, 0.3) is 0 Å². The van der Waals surface area contributed by atoms with Crippen molar-refractivity contribution in [2.75, 3.05) is 26.3 Å². The number of ether oxygens (including phenoxy) is 1. The lowest BCUT2D eigenvalue weighted by Gasteiger charge is -2.42. The van der Waals surface area contributed by atoms with Crippen LogP contribution in [0.3, 0.4) is 0 Å². The third-order valence-electron chi connectivity index (χ3n) is 3.50. The zero-order valence-corrected chi connectivity index (χ0v) is 8.62. The van der Waals surface area contributed by atoms with Crippen LogP contribution in [-0.4, -0.2) is 42.8 Å². The van der Waals surface area contributed by atoms with Crippen LogP contribution in [0.1, 0.15) is 20.3 Å². The topological polar surface area (TPSA) is 38.5 Å². The van der Waals surface area contributed by atoms with E-state index in [2.05, 4.69) is 18.7 Å². The number of nitrogens with zero attached hydrogens (tertiary/aromatic N) is 1. The highest BCUT2D eigenvalue weighted by molar-refractivity contribution is 5.00. The summed E-state index contributed by atoms with van der Waals surface area (Å²) in [6, 6.07) is 0.662. The Morgan fingerprint density at radius 3 is 2.54 bits per heavy atom. The van der Waals surface area contributed by atoms with Crippen LogP contribution in [-0.2, 0) is 4.74 Å². The molecule has 0 aromatic carbocycles. The number of rotatable bonds is 2. The summed E-state index contributed by atoms with van der Waals surface area (Å²) < 4.78 is 5.20. The molecule has 2 aliphatic heterocycles. The van der Waals surface area contributed by atoms with Gasteiger partial charge in [0, 0.05) is 12.6 Å². The van der Waals surface area contributed by atoms with E-state index in [-0.39, 0.29) is 5.54 Å². The van der Waals surface area contributed by atoms with Gasteiger partial charge in [-0.3, -0.25) is 0 Å². The van der Waals surface area contributed by atoms with E-state index < -0.39 is 0 Å². The monoisotopic (exact) mass is 184 g/mol. The van der Waals surface area contributed by atoms with Gasteiger partial charge in [0.15, 0.2) is 0 Å². The van der Waals surface area contributed by atoms with Crippen LogP contribution in [0.2, 0.25) is 0 Å². The van der Waals surface area contributed by atoms with E-state index in [0.717, 1.165) is 19.8 Å². The summed E-state index contributed by atoms with van der Waals surface area (Å²) in [7, 11) is 0. The Kier molecular flexibility index (Phi) is 2.34. The fourth-order valence-corrected chi connectivity index (χ4v) is 2.30. The standard InChI is InChI=1S/C10H20N2O/c1-8(2)12-4-3-9(5-12)10(11)6-13-7-10/h8-9H,3-7,11H2,1-2H3. The van der Waals surface area contributed by atoms with Gasteiger partial charge in [0.1, 0.15) is 0 Å². The SMILES string of the molecule is CC(C)N1CCC(C2(N)COC2)C1.